The van der Waals surface area contributed by atoms with Crippen molar-refractivity contribution >= 4 is 38.4 Å². The lowest BCUT2D eigenvalue weighted by Gasteiger charge is -2.28. The number of carbonyl (C=O) groups excluding carboxylic acids is 1. The summed E-state index contributed by atoms with van der Waals surface area (Å²) in [6.45, 7) is 4.01. The van der Waals surface area contributed by atoms with Gasteiger partial charge in [0.1, 0.15) is 0 Å². The van der Waals surface area contributed by atoms with Crippen LogP contribution in [0.1, 0.15) is 16.7 Å². The van der Waals surface area contributed by atoms with Crippen LogP contribution in [-0.4, -0.2) is 42.3 Å². The predicted molar refractivity (Wildman–Crippen MR) is 115 cm³/mol. The SMILES string of the molecule is Cc1cccc(C)c1N1C(=NC(=O)Cc2ccccc2)SC2CS(=O)(=O)CC21. The van der Waals surface area contributed by atoms with Gasteiger partial charge in [0.05, 0.1) is 24.0 Å². The van der Waals surface area contributed by atoms with E-state index in [9.17, 15) is 13.2 Å². The third-order valence-corrected chi connectivity index (χ3v) is 8.38. The van der Waals surface area contributed by atoms with Gasteiger partial charge in [-0.2, -0.15) is 4.99 Å². The summed E-state index contributed by atoms with van der Waals surface area (Å²) < 4.78 is 24.4. The van der Waals surface area contributed by atoms with Crippen molar-refractivity contribution in [3.63, 3.8) is 0 Å². The van der Waals surface area contributed by atoms with Crippen LogP contribution in [0, 0.1) is 13.8 Å². The van der Waals surface area contributed by atoms with Crippen LogP contribution < -0.4 is 4.90 Å². The van der Waals surface area contributed by atoms with Crippen LogP contribution in [0.4, 0.5) is 5.69 Å². The number of nitrogens with zero attached hydrogens (tertiary/aromatic N) is 2. The average molecular weight is 415 g/mol. The molecule has 5 nitrogen and oxygen atoms in total. The predicted octanol–water partition coefficient (Wildman–Crippen LogP) is 3.15. The minimum Gasteiger partial charge on any atom is -0.315 e. The van der Waals surface area contributed by atoms with E-state index in [1.807, 2.05) is 67.3 Å². The van der Waals surface area contributed by atoms with Gasteiger partial charge in [-0.15, -0.1) is 0 Å². The van der Waals surface area contributed by atoms with Gasteiger partial charge in [0, 0.05) is 10.9 Å². The van der Waals surface area contributed by atoms with Crippen molar-refractivity contribution in [2.45, 2.75) is 31.6 Å². The van der Waals surface area contributed by atoms with Crippen LogP contribution in [0.25, 0.3) is 0 Å². The maximum Gasteiger partial charge on any atom is 0.252 e. The van der Waals surface area contributed by atoms with Gasteiger partial charge in [-0.1, -0.05) is 60.3 Å². The molecule has 0 aliphatic carbocycles. The minimum absolute atomic E-state index is 0.0905. The fraction of sp³-hybridized carbons (Fsp3) is 0.333. The lowest BCUT2D eigenvalue weighted by molar-refractivity contribution is -0.117. The number of fused-ring (bicyclic) bond motifs is 1. The molecule has 2 heterocycles. The summed E-state index contributed by atoms with van der Waals surface area (Å²) in [5.74, 6) is 0.0211. The summed E-state index contributed by atoms with van der Waals surface area (Å²) in [4.78, 5) is 19.0. The molecule has 0 spiro atoms. The van der Waals surface area contributed by atoms with Crippen LogP contribution in [0.5, 0.6) is 0 Å². The van der Waals surface area contributed by atoms with Crippen LogP contribution >= 0.6 is 11.8 Å². The number of benzene rings is 2. The summed E-state index contributed by atoms with van der Waals surface area (Å²) in [5, 5.41) is 0.524. The topological polar surface area (TPSA) is 66.8 Å². The second kappa shape index (κ2) is 7.37. The quantitative estimate of drug-likeness (QED) is 0.772. The largest absolute Gasteiger partial charge is 0.315 e. The highest BCUT2D eigenvalue weighted by Gasteiger charge is 2.49. The molecule has 0 radical (unpaired) electrons. The molecule has 2 aliphatic rings. The van der Waals surface area contributed by atoms with Gasteiger partial charge in [-0.05, 0) is 30.5 Å². The minimum atomic E-state index is -3.07. The number of aryl methyl sites for hydroxylation is 2. The fourth-order valence-corrected chi connectivity index (χ4v) is 7.85. The normalized spacial score (nSPS) is 24.5. The molecule has 0 aromatic heterocycles. The smallest absolute Gasteiger partial charge is 0.252 e. The fourth-order valence-electron chi connectivity index (χ4n) is 3.93. The van der Waals surface area contributed by atoms with E-state index in [0.29, 0.717) is 5.17 Å². The monoisotopic (exact) mass is 414 g/mol. The number of thioether (sulfide) groups is 1. The highest BCUT2D eigenvalue weighted by Crippen LogP contribution is 2.43. The highest BCUT2D eigenvalue weighted by atomic mass is 32.2. The summed E-state index contributed by atoms with van der Waals surface area (Å²) in [6, 6.07) is 15.3. The van der Waals surface area contributed by atoms with Crippen molar-refractivity contribution in [3.8, 4) is 0 Å². The Morgan fingerprint density at radius 2 is 1.75 bits per heavy atom. The summed E-state index contributed by atoms with van der Waals surface area (Å²) in [7, 11) is -3.07. The lowest BCUT2D eigenvalue weighted by atomic mass is 10.1. The van der Waals surface area contributed by atoms with Crippen molar-refractivity contribution in [1.29, 1.82) is 0 Å². The van der Waals surface area contributed by atoms with Gasteiger partial charge in [0.15, 0.2) is 15.0 Å². The van der Waals surface area contributed by atoms with Crippen LogP contribution in [0.3, 0.4) is 0 Å². The van der Waals surface area contributed by atoms with Crippen LogP contribution in [0.2, 0.25) is 0 Å². The molecule has 2 fully saturated rings. The van der Waals surface area contributed by atoms with Gasteiger partial charge in [-0.25, -0.2) is 8.42 Å². The van der Waals surface area contributed by atoms with E-state index in [-0.39, 0.29) is 35.1 Å². The first-order valence-corrected chi connectivity index (χ1v) is 11.9. The number of aliphatic imine (C=N–C) groups is 1. The number of hydrogen-bond donors (Lipinski definition) is 0. The van der Waals surface area contributed by atoms with E-state index in [2.05, 4.69) is 4.99 Å². The molecule has 2 aromatic carbocycles. The molecule has 0 bridgehead atoms. The zero-order valence-corrected chi connectivity index (χ0v) is 17.5. The number of amidine groups is 1. The summed E-state index contributed by atoms with van der Waals surface area (Å²) in [6.07, 6.45) is 0.235. The van der Waals surface area contributed by atoms with Gasteiger partial charge in [0.2, 0.25) is 0 Å². The maximum absolute atomic E-state index is 12.6. The van der Waals surface area contributed by atoms with Crippen molar-refractivity contribution < 1.29 is 13.2 Å². The van der Waals surface area contributed by atoms with Crippen molar-refractivity contribution in [1.82, 2.24) is 0 Å². The first-order valence-electron chi connectivity index (χ1n) is 9.22. The Hall–Kier alpha value is -2.12. The molecular weight excluding hydrogens is 392 g/mol. The Kier molecular flexibility index (Phi) is 5.05. The molecule has 2 atom stereocenters. The van der Waals surface area contributed by atoms with E-state index < -0.39 is 9.84 Å². The second-order valence-corrected chi connectivity index (χ2v) is 10.7. The Morgan fingerprint density at radius 1 is 1.07 bits per heavy atom. The van der Waals surface area contributed by atoms with Crippen molar-refractivity contribution in [3.05, 3.63) is 65.2 Å². The molecule has 146 valence electrons. The third-order valence-electron chi connectivity index (χ3n) is 5.17. The maximum atomic E-state index is 12.6. The Balaban J connectivity index is 1.71. The van der Waals surface area contributed by atoms with Crippen LogP contribution in [0.15, 0.2) is 53.5 Å². The Morgan fingerprint density at radius 3 is 2.43 bits per heavy atom. The zero-order valence-electron chi connectivity index (χ0n) is 15.8. The Bertz CT molecular complexity index is 1030. The first-order chi connectivity index (χ1) is 13.3. The molecule has 0 saturated carbocycles. The molecule has 2 unspecified atom stereocenters. The van der Waals surface area contributed by atoms with Crippen molar-refractivity contribution in [2.75, 3.05) is 16.4 Å². The molecule has 2 aliphatic heterocycles. The molecule has 2 saturated heterocycles. The van der Waals surface area contributed by atoms with Gasteiger partial charge < -0.3 is 4.90 Å². The number of carbonyl (C=O) groups is 1. The van der Waals surface area contributed by atoms with Gasteiger partial charge in [-0.3, -0.25) is 4.79 Å². The van der Waals surface area contributed by atoms with E-state index >= 15 is 0 Å². The van der Waals surface area contributed by atoms with E-state index in [1.54, 1.807) is 0 Å². The number of para-hydroxylation sites is 1. The molecular formula is C21H22N2O3S2. The van der Waals surface area contributed by atoms with E-state index in [1.165, 1.54) is 11.8 Å². The van der Waals surface area contributed by atoms with E-state index in [0.717, 1.165) is 22.4 Å². The zero-order chi connectivity index (χ0) is 19.9. The average Bonchev–Trinajstić information content (AvgIpc) is 3.07. The molecule has 4 rings (SSSR count). The molecule has 1 amide bonds. The second-order valence-electron chi connectivity index (χ2n) is 7.36. The summed E-state index contributed by atoms with van der Waals surface area (Å²) in [5.41, 5.74) is 3.98. The van der Waals surface area contributed by atoms with Gasteiger partial charge >= 0.3 is 0 Å². The molecule has 0 N–H and O–H groups in total. The first kappa shape index (κ1) is 19.2. The molecule has 28 heavy (non-hydrogen) atoms. The highest BCUT2D eigenvalue weighted by molar-refractivity contribution is 8.16. The third kappa shape index (κ3) is 3.73. The summed E-state index contributed by atoms with van der Waals surface area (Å²) >= 11 is 1.42. The van der Waals surface area contributed by atoms with Crippen LogP contribution in [-0.2, 0) is 21.1 Å². The standard InChI is InChI=1S/C21H22N2O3S2/c1-14-7-6-8-15(2)20(14)23-17-12-28(25,26)13-18(17)27-21(23)22-19(24)11-16-9-4-3-5-10-16/h3-10,17-18H,11-13H2,1-2H3. The molecule has 2 aromatic rings. The van der Waals surface area contributed by atoms with Gasteiger partial charge in [0.25, 0.3) is 5.91 Å². The number of amides is 1. The van der Waals surface area contributed by atoms with Crippen molar-refractivity contribution in [2.24, 2.45) is 4.99 Å². The number of sulfone groups is 1. The number of rotatable bonds is 3. The van der Waals surface area contributed by atoms with E-state index in [4.69, 9.17) is 0 Å². The molecule has 7 heteroatoms. The Labute approximate surface area is 169 Å². The lowest BCUT2D eigenvalue weighted by Crippen LogP contribution is -2.38. The number of hydrogen-bond acceptors (Lipinski definition) is 4. The number of anilines is 1.